The molecule has 2 aromatic carbocycles. The monoisotopic (exact) mass is 438 g/mol. The molecule has 2 unspecified atom stereocenters. The topological polar surface area (TPSA) is 101 Å². The van der Waals surface area contributed by atoms with Crippen molar-refractivity contribution in [2.75, 3.05) is 16.8 Å². The third kappa shape index (κ3) is 7.24. The molecule has 0 bridgehead atoms. The number of anilines is 2. The minimum absolute atomic E-state index is 0. The van der Waals surface area contributed by atoms with Gasteiger partial charge in [0.2, 0.25) is 11.8 Å². The summed E-state index contributed by atoms with van der Waals surface area (Å²) < 4.78 is 0. The van der Waals surface area contributed by atoms with Crippen LogP contribution in [0.15, 0.2) is 54.6 Å². The Morgan fingerprint density at radius 1 is 1.03 bits per heavy atom. The summed E-state index contributed by atoms with van der Waals surface area (Å²) in [6.45, 7) is 0.655. The van der Waals surface area contributed by atoms with E-state index < -0.39 is 5.91 Å². The van der Waals surface area contributed by atoms with Crippen molar-refractivity contribution in [2.45, 2.75) is 31.8 Å². The quantitative estimate of drug-likeness (QED) is 0.617. The molecule has 1 aliphatic carbocycles. The Morgan fingerprint density at radius 3 is 2.38 bits per heavy atom. The van der Waals surface area contributed by atoms with E-state index in [0.717, 1.165) is 30.5 Å². The van der Waals surface area contributed by atoms with Crippen molar-refractivity contribution in [2.24, 2.45) is 17.4 Å². The van der Waals surface area contributed by atoms with Crippen LogP contribution in [-0.4, -0.2) is 24.4 Å². The van der Waals surface area contributed by atoms with E-state index in [1.165, 1.54) is 0 Å². The van der Waals surface area contributed by atoms with Crippen molar-refractivity contribution < 1.29 is 9.59 Å². The van der Waals surface area contributed by atoms with Crippen LogP contribution in [0.1, 0.15) is 24.8 Å². The molecule has 2 aromatic rings. The molecule has 0 aromatic heterocycles. The van der Waals surface area contributed by atoms with Crippen LogP contribution in [-0.2, 0) is 16.1 Å². The van der Waals surface area contributed by atoms with Crippen molar-refractivity contribution in [1.82, 2.24) is 0 Å². The predicted molar refractivity (Wildman–Crippen MR) is 122 cm³/mol. The number of nitrogens with one attached hydrogen (secondary N) is 1. The van der Waals surface area contributed by atoms with E-state index in [4.69, 9.17) is 11.5 Å². The first-order chi connectivity index (χ1) is 13.0. The van der Waals surface area contributed by atoms with E-state index in [-0.39, 0.29) is 49.2 Å². The number of carbonyl (C=O) groups excluding carboxylic acids is 2. The molecule has 158 valence electrons. The fourth-order valence-electron chi connectivity index (χ4n) is 3.51. The van der Waals surface area contributed by atoms with Gasteiger partial charge in [-0.3, -0.25) is 9.59 Å². The molecule has 1 fully saturated rings. The first-order valence-corrected chi connectivity index (χ1v) is 9.25. The minimum Gasteiger partial charge on any atom is -0.368 e. The molecule has 3 rings (SSSR count). The third-order valence-electron chi connectivity index (χ3n) is 4.89. The van der Waals surface area contributed by atoms with E-state index in [9.17, 15) is 9.59 Å². The largest absolute Gasteiger partial charge is 0.368 e. The molecule has 0 heterocycles. The van der Waals surface area contributed by atoms with E-state index >= 15 is 0 Å². The highest BCUT2D eigenvalue weighted by molar-refractivity contribution is 5.93. The summed E-state index contributed by atoms with van der Waals surface area (Å²) in [5, 5.41) is 2.98. The van der Waals surface area contributed by atoms with Gasteiger partial charge in [-0.15, -0.1) is 24.8 Å². The smallest absolute Gasteiger partial charge is 0.236 e. The molecular weight excluding hydrogens is 411 g/mol. The fraction of sp³-hybridized carbons (Fsp3) is 0.333. The maximum Gasteiger partial charge on any atom is 0.236 e. The molecule has 29 heavy (non-hydrogen) atoms. The van der Waals surface area contributed by atoms with Crippen LogP contribution < -0.4 is 21.7 Å². The summed E-state index contributed by atoms with van der Waals surface area (Å²) in [6.07, 6.45) is 2.45. The van der Waals surface area contributed by atoms with Gasteiger partial charge in [0.1, 0.15) is 0 Å². The Kier molecular flexibility index (Phi) is 9.95. The number of rotatable bonds is 7. The lowest BCUT2D eigenvalue weighted by atomic mass is 10.1. The van der Waals surface area contributed by atoms with Crippen molar-refractivity contribution >= 4 is 48.0 Å². The number of nitrogens with zero attached hydrogens (tertiary/aromatic N) is 1. The Hall–Kier alpha value is -2.28. The zero-order valence-electron chi connectivity index (χ0n) is 16.1. The van der Waals surface area contributed by atoms with Crippen molar-refractivity contribution in [1.29, 1.82) is 0 Å². The molecule has 0 spiro atoms. The number of amides is 2. The van der Waals surface area contributed by atoms with Gasteiger partial charge in [0, 0.05) is 29.9 Å². The SMILES string of the molecule is Cl.Cl.NC(=O)CN(Cc1ccccc1)c1cccc(NC(=O)C2CCC(N)C2)c1. The molecule has 2 amide bonds. The predicted octanol–water partition coefficient (Wildman–Crippen LogP) is 3.09. The lowest BCUT2D eigenvalue weighted by molar-refractivity contribution is -0.119. The number of nitrogens with two attached hydrogens (primary N) is 2. The molecule has 1 saturated carbocycles. The average Bonchev–Trinajstić information content (AvgIpc) is 3.08. The van der Waals surface area contributed by atoms with Gasteiger partial charge in [0.25, 0.3) is 0 Å². The first-order valence-electron chi connectivity index (χ1n) is 9.25. The summed E-state index contributed by atoms with van der Waals surface area (Å²) in [5.41, 5.74) is 14.0. The maximum absolute atomic E-state index is 12.5. The number of benzene rings is 2. The highest BCUT2D eigenvalue weighted by Gasteiger charge is 2.27. The van der Waals surface area contributed by atoms with Crippen LogP contribution in [0.4, 0.5) is 11.4 Å². The van der Waals surface area contributed by atoms with Crippen LogP contribution in [0.3, 0.4) is 0 Å². The number of hydrogen-bond acceptors (Lipinski definition) is 4. The summed E-state index contributed by atoms with van der Waals surface area (Å²) in [5.74, 6) is -0.431. The van der Waals surface area contributed by atoms with E-state index in [1.807, 2.05) is 59.5 Å². The van der Waals surface area contributed by atoms with Crippen LogP contribution in [0, 0.1) is 5.92 Å². The van der Waals surface area contributed by atoms with Gasteiger partial charge in [-0.05, 0) is 43.0 Å². The number of primary amides is 1. The normalized spacial score (nSPS) is 17.6. The summed E-state index contributed by atoms with van der Waals surface area (Å²) >= 11 is 0. The third-order valence-corrected chi connectivity index (χ3v) is 4.89. The highest BCUT2D eigenvalue weighted by Crippen LogP contribution is 2.27. The summed E-state index contributed by atoms with van der Waals surface area (Å²) in [7, 11) is 0. The van der Waals surface area contributed by atoms with Crippen molar-refractivity contribution in [3.63, 3.8) is 0 Å². The molecule has 2 atom stereocenters. The molecule has 6 nitrogen and oxygen atoms in total. The zero-order valence-corrected chi connectivity index (χ0v) is 17.8. The zero-order chi connectivity index (χ0) is 19.2. The second kappa shape index (κ2) is 11.7. The van der Waals surface area contributed by atoms with E-state index in [0.29, 0.717) is 12.2 Å². The minimum atomic E-state index is -0.402. The standard InChI is InChI=1S/C21H26N4O2.2ClH/c22-17-10-9-16(11-17)21(27)24-18-7-4-8-19(12-18)25(14-20(23)26)13-15-5-2-1-3-6-15;;/h1-8,12,16-17H,9-11,13-14,22H2,(H2,23,26)(H,24,27);2*1H. The Bertz CT molecular complexity index is 804. The van der Waals surface area contributed by atoms with Gasteiger partial charge < -0.3 is 21.7 Å². The molecule has 0 radical (unpaired) electrons. The Labute approximate surface area is 183 Å². The number of hydrogen-bond donors (Lipinski definition) is 3. The molecular formula is C21H28Cl2N4O2. The van der Waals surface area contributed by atoms with E-state index in [2.05, 4.69) is 5.32 Å². The lowest BCUT2D eigenvalue weighted by Gasteiger charge is -2.24. The van der Waals surface area contributed by atoms with E-state index in [1.54, 1.807) is 0 Å². The lowest BCUT2D eigenvalue weighted by Crippen LogP contribution is -2.33. The van der Waals surface area contributed by atoms with Gasteiger partial charge >= 0.3 is 0 Å². The second-order valence-electron chi connectivity index (χ2n) is 7.12. The maximum atomic E-state index is 12.5. The van der Waals surface area contributed by atoms with Crippen molar-refractivity contribution in [3.8, 4) is 0 Å². The van der Waals surface area contributed by atoms with Crippen LogP contribution in [0.25, 0.3) is 0 Å². The number of carbonyl (C=O) groups is 2. The van der Waals surface area contributed by atoms with Gasteiger partial charge in [0.15, 0.2) is 0 Å². The van der Waals surface area contributed by atoms with Crippen molar-refractivity contribution in [3.05, 3.63) is 60.2 Å². The van der Waals surface area contributed by atoms with Gasteiger partial charge in [-0.1, -0.05) is 36.4 Å². The molecule has 1 aliphatic rings. The fourth-order valence-corrected chi connectivity index (χ4v) is 3.51. The molecule has 0 aliphatic heterocycles. The Morgan fingerprint density at radius 2 is 1.76 bits per heavy atom. The number of halogens is 2. The van der Waals surface area contributed by atoms with Crippen LogP contribution in [0.2, 0.25) is 0 Å². The molecule has 5 N–H and O–H groups in total. The van der Waals surface area contributed by atoms with Gasteiger partial charge in [-0.2, -0.15) is 0 Å². The van der Waals surface area contributed by atoms with Crippen LogP contribution >= 0.6 is 24.8 Å². The molecule has 0 saturated heterocycles. The summed E-state index contributed by atoms with van der Waals surface area (Å²) in [6, 6.07) is 17.5. The Balaban J connectivity index is 0.00000210. The van der Waals surface area contributed by atoms with Gasteiger partial charge in [-0.25, -0.2) is 0 Å². The van der Waals surface area contributed by atoms with Gasteiger partial charge in [0.05, 0.1) is 6.54 Å². The van der Waals surface area contributed by atoms with Crippen LogP contribution in [0.5, 0.6) is 0 Å². The molecule has 8 heteroatoms. The highest BCUT2D eigenvalue weighted by atomic mass is 35.5. The second-order valence-corrected chi connectivity index (χ2v) is 7.12. The summed E-state index contributed by atoms with van der Waals surface area (Å²) in [4.78, 5) is 25.9. The first kappa shape index (κ1) is 24.8. The average molecular weight is 439 g/mol.